The number of carbonyl (C=O) groups is 4. The molecule has 6 rings (SSSR count). The van der Waals surface area contributed by atoms with Crippen LogP contribution in [0.2, 0.25) is 0 Å². The van der Waals surface area contributed by atoms with Crippen molar-refractivity contribution < 1.29 is 28.7 Å². The highest BCUT2D eigenvalue weighted by Gasteiger charge is 2.29. The Hall–Kier alpha value is -5.59. The van der Waals surface area contributed by atoms with Gasteiger partial charge in [0, 0.05) is 12.6 Å². The monoisotopic (exact) mass is 581 g/mol. The van der Waals surface area contributed by atoms with E-state index in [9.17, 15) is 19.2 Å². The molecule has 4 aromatic rings. The largest absolute Gasteiger partial charge is 0.482 e. The lowest BCUT2D eigenvalue weighted by Crippen LogP contribution is -2.31. The lowest BCUT2D eigenvalue weighted by Gasteiger charge is -2.18. The number of esters is 1. The number of amides is 3. The number of aromatic nitrogens is 4. The second-order valence-electron chi connectivity index (χ2n) is 10.1. The van der Waals surface area contributed by atoms with Gasteiger partial charge in [0.1, 0.15) is 30.1 Å². The number of nitrogens with zero attached hydrogens (tertiary/aromatic N) is 4. The van der Waals surface area contributed by atoms with Gasteiger partial charge in [0.15, 0.2) is 6.61 Å². The lowest BCUT2D eigenvalue weighted by atomic mass is 9.98. The number of fused-ring (bicyclic) bond motifs is 3. The fourth-order valence-electron chi connectivity index (χ4n) is 5.30. The van der Waals surface area contributed by atoms with Crippen molar-refractivity contribution in [1.29, 1.82) is 0 Å². The summed E-state index contributed by atoms with van der Waals surface area (Å²) >= 11 is 0. The Balaban J connectivity index is 1.18. The van der Waals surface area contributed by atoms with Gasteiger partial charge in [-0.1, -0.05) is 24.8 Å². The van der Waals surface area contributed by atoms with Crippen LogP contribution in [0.25, 0.3) is 5.78 Å². The summed E-state index contributed by atoms with van der Waals surface area (Å²) in [5.74, 6) is -1.00. The van der Waals surface area contributed by atoms with Crippen molar-refractivity contribution >= 4 is 35.2 Å². The average molecular weight is 582 g/mol. The number of anilines is 1. The second kappa shape index (κ2) is 11.4. The van der Waals surface area contributed by atoms with Crippen molar-refractivity contribution in [2.75, 3.05) is 18.5 Å². The van der Waals surface area contributed by atoms with Crippen LogP contribution in [0.4, 0.5) is 5.69 Å². The van der Waals surface area contributed by atoms with Gasteiger partial charge in [0.05, 0.1) is 17.3 Å². The number of rotatable bonds is 8. The molecule has 43 heavy (non-hydrogen) atoms. The zero-order chi connectivity index (χ0) is 30.1. The maximum atomic E-state index is 13.5. The first-order chi connectivity index (χ1) is 20.8. The van der Waals surface area contributed by atoms with Gasteiger partial charge < -0.3 is 25.4 Å². The van der Waals surface area contributed by atoms with E-state index in [-0.39, 0.29) is 48.9 Å². The van der Waals surface area contributed by atoms with Crippen molar-refractivity contribution in [1.82, 2.24) is 30.2 Å². The third-order valence-corrected chi connectivity index (χ3v) is 7.40. The van der Waals surface area contributed by atoms with E-state index < -0.39 is 17.8 Å². The summed E-state index contributed by atoms with van der Waals surface area (Å²) in [5, 5.41) is 12.7. The molecular formula is C30H27N7O6. The number of ether oxygens (including phenoxy) is 2. The molecule has 3 amide bonds. The third kappa shape index (κ3) is 5.39. The molecule has 3 N–H and O–H groups in total. The highest BCUT2D eigenvalue weighted by atomic mass is 16.5. The summed E-state index contributed by atoms with van der Waals surface area (Å²) in [4.78, 5) is 59.0. The molecule has 1 aliphatic heterocycles. The van der Waals surface area contributed by atoms with E-state index in [1.165, 1.54) is 23.0 Å². The van der Waals surface area contributed by atoms with Gasteiger partial charge in [-0.25, -0.2) is 9.78 Å². The van der Waals surface area contributed by atoms with Gasteiger partial charge >= 0.3 is 5.97 Å². The van der Waals surface area contributed by atoms with Crippen molar-refractivity contribution in [3.05, 3.63) is 94.6 Å². The molecule has 0 fully saturated rings. The molecule has 0 spiro atoms. The van der Waals surface area contributed by atoms with E-state index in [0.29, 0.717) is 29.8 Å². The molecule has 2 aromatic heterocycles. The molecule has 0 saturated heterocycles. The minimum absolute atomic E-state index is 0.00871. The van der Waals surface area contributed by atoms with Gasteiger partial charge in [-0.15, -0.1) is 0 Å². The molecule has 1 aliphatic carbocycles. The molecule has 2 aliphatic rings. The molecular weight excluding hydrogens is 554 g/mol. The highest BCUT2D eigenvalue weighted by molar-refractivity contribution is 5.98. The molecule has 3 heterocycles. The van der Waals surface area contributed by atoms with Crippen LogP contribution in [0.1, 0.15) is 66.1 Å². The molecule has 1 atom stereocenters. The molecule has 13 heteroatoms. The van der Waals surface area contributed by atoms with Crippen LogP contribution in [0, 0.1) is 6.92 Å². The number of benzene rings is 2. The first kappa shape index (κ1) is 27.6. The number of carbonyl (C=O) groups excluding carboxylic acids is 4. The molecule has 2 aromatic carbocycles. The third-order valence-electron chi connectivity index (χ3n) is 7.40. The fourth-order valence-corrected chi connectivity index (χ4v) is 5.30. The quantitative estimate of drug-likeness (QED) is 0.209. The lowest BCUT2D eigenvalue weighted by molar-refractivity contribution is -0.118. The predicted molar refractivity (Wildman–Crippen MR) is 153 cm³/mol. The molecule has 218 valence electrons. The summed E-state index contributed by atoms with van der Waals surface area (Å²) in [6.45, 7) is 5.66. The molecule has 0 saturated carbocycles. The van der Waals surface area contributed by atoms with Crippen LogP contribution in [-0.4, -0.2) is 56.5 Å². The maximum absolute atomic E-state index is 13.5. The summed E-state index contributed by atoms with van der Waals surface area (Å²) in [6.07, 6.45) is 4.08. The minimum Gasteiger partial charge on any atom is -0.482 e. The Bertz CT molecular complexity index is 1810. The second-order valence-corrected chi connectivity index (χ2v) is 10.1. The van der Waals surface area contributed by atoms with Gasteiger partial charge in [-0.2, -0.15) is 14.6 Å². The summed E-state index contributed by atoms with van der Waals surface area (Å²) in [5.41, 5.74) is 4.55. The summed E-state index contributed by atoms with van der Waals surface area (Å²) in [7, 11) is 0. The Morgan fingerprint density at radius 2 is 2.07 bits per heavy atom. The van der Waals surface area contributed by atoms with E-state index in [1.54, 1.807) is 24.3 Å². The Morgan fingerprint density at radius 3 is 2.91 bits per heavy atom. The summed E-state index contributed by atoms with van der Waals surface area (Å²) < 4.78 is 11.8. The Morgan fingerprint density at radius 1 is 1.21 bits per heavy atom. The number of hydrogen-bond acceptors (Lipinski definition) is 9. The maximum Gasteiger partial charge on any atom is 0.338 e. The topological polar surface area (TPSA) is 166 Å². The van der Waals surface area contributed by atoms with E-state index >= 15 is 0 Å². The standard InChI is InChI=1S/C30H27N7O6/c1-3-10-42-29(41)19-5-6-20-18(16(19)2)7-8-21(20)35-28(40)24-12-23(36-30-32-15-33-37(24)30)27(39)31-13-17-4-9-25-22(11-17)34-26(38)14-43-25/h3-6,9,11-12,15,21H,1,7-8,10,13-14H2,2H3,(H,31,39)(H,34,38)(H,35,40)/t21-/m0/s1. The number of hydrogen-bond donors (Lipinski definition) is 3. The van der Waals surface area contributed by atoms with Crippen LogP contribution in [0.15, 0.2) is 55.4 Å². The van der Waals surface area contributed by atoms with Crippen molar-refractivity contribution in [2.24, 2.45) is 0 Å². The van der Waals surface area contributed by atoms with Gasteiger partial charge in [-0.3, -0.25) is 14.4 Å². The van der Waals surface area contributed by atoms with E-state index in [4.69, 9.17) is 9.47 Å². The summed E-state index contributed by atoms with van der Waals surface area (Å²) in [6, 6.07) is 9.81. The fraction of sp³-hybridized carbons (Fsp3) is 0.233. The van der Waals surface area contributed by atoms with Crippen LogP contribution >= 0.6 is 0 Å². The van der Waals surface area contributed by atoms with Gasteiger partial charge in [0.2, 0.25) is 0 Å². The zero-order valence-corrected chi connectivity index (χ0v) is 23.2. The van der Waals surface area contributed by atoms with Crippen LogP contribution < -0.4 is 20.7 Å². The molecule has 0 radical (unpaired) electrons. The molecule has 13 nitrogen and oxygen atoms in total. The van der Waals surface area contributed by atoms with Crippen LogP contribution in [0.5, 0.6) is 5.75 Å². The van der Waals surface area contributed by atoms with Gasteiger partial charge in [0.25, 0.3) is 23.5 Å². The van der Waals surface area contributed by atoms with E-state index in [0.717, 1.165) is 22.3 Å². The molecule has 0 bridgehead atoms. The van der Waals surface area contributed by atoms with Crippen LogP contribution in [-0.2, 0) is 22.5 Å². The van der Waals surface area contributed by atoms with Gasteiger partial charge in [-0.05, 0) is 60.2 Å². The first-order valence-corrected chi connectivity index (χ1v) is 13.6. The Kier molecular flexibility index (Phi) is 7.28. The van der Waals surface area contributed by atoms with E-state index in [1.807, 2.05) is 13.0 Å². The normalized spacial score (nSPS) is 15.1. The van der Waals surface area contributed by atoms with Crippen LogP contribution in [0.3, 0.4) is 0 Å². The van der Waals surface area contributed by atoms with Crippen molar-refractivity contribution in [3.8, 4) is 5.75 Å². The first-order valence-electron chi connectivity index (χ1n) is 13.6. The Labute approximate surface area is 245 Å². The smallest absolute Gasteiger partial charge is 0.338 e. The molecule has 0 unspecified atom stereocenters. The SMILES string of the molecule is C=CCOC(=O)c1ccc2c(c1C)CC[C@@H]2NC(=O)c1cc(C(=O)NCc2ccc3c(c2)NC(=O)CO3)nc2ncnn12. The minimum atomic E-state index is -0.518. The average Bonchev–Trinajstić information content (AvgIpc) is 3.65. The van der Waals surface area contributed by atoms with Crippen molar-refractivity contribution in [2.45, 2.75) is 32.4 Å². The highest BCUT2D eigenvalue weighted by Crippen LogP contribution is 2.35. The van der Waals surface area contributed by atoms with Crippen molar-refractivity contribution in [3.63, 3.8) is 0 Å². The predicted octanol–water partition coefficient (Wildman–Crippen LogP) is 2.45. The zero-order valence-electron chi connectivity index (χ0n) is 23.2. The van der Waals surface area contributed by atoms with E-state index in [2.05, 4.69) is 37.6 Å². The number of nitrogens with one attached hydrogen (secondary N) is 3.